The standard InChI is InChI=1S/C11H13ClO/c1-3-8(2)11(13)9-6-4-5-7-10(9)12/h3-8,11,13H,1H2,2H3/t8-,11-/m0/s1. The molecule has 0 aromatic heterocycles. The molecule has 0 amide bonds. The van der Waals surface area contributed by atoms with Gasteiger partial charge in [0.1, 0.15) is 0 Å². The van der Waals surface area contributed by atoms with Crippen molar-refractivity contribution in [1.29, 1.82) is 0 Å². The molecule has 1 nitrogen and oxygen atoms in total. The molecule has 1 aromatic carbocycles. The zero-order valence-corrected chi connectivity index (χ0v) is 8.33. The van der Waals surface area contributed by atoms with Crippen LogP contribution in [0.2, 0.25) is 5.02 Å². The van der Waals surface area contributed by atoms with E-state index in [1.807, 2.05) is 25.1 Å². The molecule has 13 heavy (non-hydrogen) atoms. The van der Waals surface area contributed by atoms with Gasteiger partial charge in [0.05, 0.1) is 6.10 Å². The van der Waals surface area contributed by atoms with E-state index in [1.54, 1.807) is 12.1 Å². The minimum atomic E-state index is -0.564. The monoisotopic (exact) mass is 196 g/mol. The van der Waals surface area contributed by atoms with Crippen LogP contribution in [0.1, 0.15) is 18.6 Å². The van der Waals surface area contributed by atoms with Gasteiger partial charge in [0, 0.05) is 10.9 Å². The third-order valence-electron chi connectivity index (χ3n) is 2.09. The zero-order chi connectivity index (χ0) is 9.84. The fraction of sp³-hybridized carbons (Fsp3) is 0.273. The van der Waals surface area contributed by atoms with Gasteiger partial charge < -0.3 is 5.11 Å². The van der Waals surface area contributed by atoms with Crippen LogP contribution in [0.25, 0.3) is 0 Å². The molecule has 1 rings (SSSR count). The fourth-order valence-electron chi connectivity index (χ4n) is 1.13. The van der Waals surface area contributed by atoms with Gasteiger partial charge in [-0.05, 0) is 11.6 Å². The van der Waals surface area contributed by atoms with Crippen LogP contribution < -0.4 is 0 Å². The average molecular weight is 197 g/mol. The summed E-state index contributed by atoms with van der Waals surface area (Å²) in [5.74, 6) is 0.0138. The summed E-state index contributed by atoms with van der Waals surface area (Å²) in [6.45, 7) is 5.54. The molecule has 0 spiro atoms. The average Bonchev–Trinajstić information content (AvgIpc) is 2.16. The summed E-state index contributed by atoms with van der Waals surface area (Å²) in [4.78, 5) is 0. The Hall–Kier alpha value is -0.790. The van der Waals surface area contributed by atoms with Gasteiger partial charge in [0.2, 0.25) is 0 Å². The molecule has 1 aromatic rings. The number of hydrogen-bond donors (Lipinski definition) is 1. The summed E-state index contributed by atoms with van der Waals surface area (Å²) in [7, 11) is 0. The molecule has 70 valence electrons. The molecule has 0 heterocycles. The maximum absolute atomic E-state index is 9.81. The molecule has 0 unspecified atom stereocenters. The van der Waals surface area contributed by atoms with Crippen molar-refractivity contribution in [2.24, 2.45) is 5.92 Å². The second-order valence-corrected chi connectivity index (χ2v) is 3.47. The van der Waals surface area contributed by atoms with Crippen LogP contribution in [-0.4, -0.2) is 5.11 Å². The second-order valence-electron chi connectivity index (χ2n) is 3.06. The molecule has 0 aliphatic rings. The third kappa shape index (κ3) is 2.33. The minimum absolute atomic E-state index is 0.0138. The Balaban J connectivity index is 2.94. The number of halogens is 1. The molecule has 0 saturated carbocycles. The predicted octanol–water partition coefficient (Wildman–Crippen LogP) is 3.20. The SMILES string of the molecule is C=C[C@H](C)[C@H](O)c1ccccc1Cl. The predicted molar refractivity (Wildman–Crippen MR) is 55.8 cm³/mol. The molecule has 2 atom stereocenters. The van der Waals surface area contributed by atoms with E-state index in [1.165, 1.54) is 0 Å². The molecular formula is C11H13ClO. The Bertz CT molecular complexity index is 296. The van der Waals surface area contributed by atoms with E-state index in [0.717, 1.165) is 5.56 Å². The highest BCUT2D eigenvalue weighted by Gasteiger charge is 2.15. The fourth-order valence-corrected chi connectivity index (χ4v) is 1.37. The molecule has 1 N–H and O–H groups in total. The van der Waals surface area contributed by atoms with Gasteiger partial charge in [0.15, 0.2) is 0 Å². The lowest BCUT2D eigenvalue weighted by atomic mass is 9.98. The van der Waals surface area contributed by atoms with Crippen molar-refractivity contribution < 1.29 is 5.11 Å². The number of benzene rings is 1. The summed E-state index contributed by atoms with van der Waals surface area (Å²) in [5.41, 5.74) is 0.761. The van der Waals surface area contributed by atoms with E-state index in [0.29, 0.717) is 5.02 Å². The quantitative estimate of drug-likeness (QED) is 0.737. The Morgan fingerprint density at radius 2 is 2.08 bits per heavy atom. The van der Waals surface area contributed by atoms with Crippen molar-refractivity contribution >= 4 is 11.6 Å². The lowest BCUT2D eigenvalue weighted by Gasteiger charge is -2.16. The van der Waals surface area contributed by atoms with Crippen molar-refractivity contribution in [1.82, 2.24) is 0 Å². The van der Waals surface area contributed by atoms with Crippen LogP contribution in [0, 0.1) is 5.92 Å². The molecule has 0 bridgehead atoms. The Kier molecular flexibility index (Phi) is 3.52. The van der Waals surface area contributed by atoms with E-state index in [9.17, 15) is 5.11 Å². The van der Waals surface area contributed by atoms with E-state index >= 15 is 0 Å². The number of aliphatic hydroxyl groups is 1. The van der Waals surface area contributed by atoms with Gasteiger partial charge in [-0.3, -0.25) is 0 Å². The number of hydrogen-bond acceptors (Lipinski definition) is 1. The zero-order valence-electron chi connectivity index (χ0n) is 7.57. The van der Waals surface area contributed by atoms with E-state index in [2.05, 4.69) is 6.58 Å². The van der Waals surface area contributed by atoms with Crippen LogP contribution in [-0.2, 0) is 0 Å². The first kappa shape index (κ1) is 10.3. The topological polar surface area (TPSA) is 20.2 Å². The lowest BCUT2D eigenvalue weighted by Crippen LogP contribution is -2.06. The van der Waals surface area contributed by atoms with Crippen LogP contribution in [0.15, 0.2) is 36.9 Å². The normalized spacial score (nSPS) is 15.0. The highest BCUT2D eigenvalue weighted by molar-refractivity contribution is 6.31. The first-order valence-corrected chi connectivity index (χ1v) is 4.59. The molecule has 2 heteroatoms. The summed E-state index contributed by atoms with van der Waals surface area (Å²) >= 11 is 5.93. The van der Waals surface area contributed by atoms with E-state index < -0.39 is 6.10 Å². The molecule has 0 fully saturated rings. The molecule has 0 saturated heterocycles. The van der Waals surface area contributed by atoms with Crippen molar-refractivity contribution in [3.63, 3.8) is 0 Å². The van der Waals surface area contributed by atoms with Gasteiger partial charge in [-0.1, -0.05) is 42.8 Å². The third-order valence-corrected chi connectivity index (χ3v) is 2.44. The largest absolute Gasteiger partial charge is 0.388 e. The highest BCUT2D eigenvalue weighted by atomic mass is 35.5. The summed E-state index contributed by atoms with van der Waals surface area (Å²) in [6, 6.07) is 7.31. The van der Waals surface area contributed by atoms with Crippen molar-refractivity contribution in [2.75, 3.05) is 0 Å². The second kappa shape index (κ2) is 4.45. The first-order chi connectivity index (χ1) is 6.16. The van der Waals surface area contributed by atoms with Gasteiger partial charge >= 0.3 is 0 Å². The first-order valence-electron chi connectivity index (χ1n) is 4.22. The van der Waals surface area contributed by atoms with Crippen LogP contribution in [0.4, 0.5) is 0 Å². The molecule has 0 aliphatic carbocycles. The number of aliphatic hydroxyl groups excluding tert-OH is 1. The van der Waals surface area contributed by atoms with Crippen LogP contribution in [0.3, 0.4) is 0 Å². The lowest BCUT2D eigenvalue weighted by molar-refractivity contribution is 0.140. The van der Waals surface area contributed by atoms with Gasteiger partial charge in [-0.25, -0.2) is 0 Å². The maximum Gasteiger partial charge on any atom is 0.0864 e. The van der Waals surface area contributed by atoms with Crippen molar-refractivity contribution in [3.05, 3.63) is 47.5 Å². The van der Waals surface area contributed by atoms with Crippen LogP contribution in [0.5, 0.6) is 0 Å². The van der Waals surface area contributed by atoms with Gasteiger partial charge in [0.25, 0.3) is 0 Å². The van der Waals surface area contributed by atoms with Crippen molar-refractivity contribution in [3.8, 4) is 0 Å². The Morgan fingerprint density at radius 1 is 1.46 bits per heavy atom. The van der Waals surface area contributed by atoms with Gasteiger partial charge in [-0.2, -0.15) is 0 Å². The highest BCUT2D eigenvalue weighted by Crippen LogP contribution is 2.28. The number of rotatable bonds is 3. The minimum Gasteiger partial charge on any atom is -0.388 e. The summed E-state index contributed by atoms with van der Waals surface area (Å²) < 4.78 is 0. The van der Waals surface area contributed by atoms with Crippen LogP contribution >= 0.6 is 11.6 Å². The Labute approximate surface area is 83.7 Å². The van der Waals surface area contributed by atoms with E-state index in [-0.39, 0.29) is 5.92 Å². The van der Waals surface area contributed by atoms with Crippen molar-refractivity contribution in [2.45, 2.75) is 13.0 Å². The summed E-state index contributed by atoms with van der Waals surface area (Å²) in [6.07, 6.45) is 1.15. The molecular weight excluding hydrogens is 184 g/mol. The maximum atomic E-state index is 9.81. The smallest absolute Gasteiger partial charge is 0.0864 e. The van der Waals surface area contributed by atoms with E-state index in [4.69, 9.17) is 11.6 Å². The molecule has 0 aliphatic heterocycles. The summed E-state index contributed by atoms with van der Waals surface area (Å²) in [5, 5.41) is 10.4. The molecule has 0 radical (unpaired) electrons. The Morgan fingerprint density at radius 3 is 2.62 bits per heavy atom. The van der Waals surface area contributed by atoms with Gasteiger partial charge in [-0.15, -0.1) is 6.58 Å².